The first kappa shape index (κ1) is 18.9. The minimum absolute atomic E-state index is 0.243. The maximum absolute atomic E-state index is 12.3. The zero-order chi connectivity index (χ0) is 19.6. The highest BCUT2D eigenvalue weighted by atomic mass is 32.2. The minimum Gasteiger partial charge on any atom is -0.478 e. The van der Waals surface area contributed by atoms with Gasteiger partial charge < -0.3 is 14.4 Å². The second kappa shape index (κ2) is 6.80. The Morgan fingerprint density at radius 1 is 1.04 bits per heavy atom. The van der Waals surface area contributed by atoms with Crippen molar-refractivity contribution in [2.24, 2.45) is 0 Å². The van der Waals surface area contributed by atoms with Crippen molar-refractivity contribution in [3.63, 3.8) is 0 Å². The van der Waals surface area contributed by atoms with Crippen LogP contribution in [-0.4, -0.2) is 35.5 Å². The first-order valence-corrected chi connectivity index (χ1v) is 8.24. The smallest absolute Gasteiger partial charge is 0.339 e. The largest absolute Gasteiger partial charge is 0.478 e. The van der Waals surface area contributed by atoms with Crippen molar-refractivity contribution in [3.8, 4) is 5.75 Å². The molecule has 2 aromatic carbocycles. The van der Waals surface area contributed by atoms with Gasteiger partial charge in [0.2, 0.25) is 0 Å². The van der Waals surface area contributed by atoms with Crippen LogP contribution in [0.1, 0.15) is 26.3 Å². The summed E-state index contributed by atoms with van der Waals surface area (Å²) >= 11 is 0. The summed E-state index contributed by atoms with van der Waals surface area (Å²) in [5.41, 5.74) is -1.40. The van der Waals surface area contributed by atoms with Gasteiger partial charge in [-0.05, 0) is 31.2 Å². The van der Waals surface area contributed by atoms with Crippen LogP contribution in [0.15, 0.2) is 41.3 Å². The molecule has 0 aliphatic rings. The third kappa shape index (κ3) is 3.78. The fourth-order valence-electron chi connectivity index (χ4n) is 2.05. The zero-order valence-electron chi connectivity index (χ0n) is 13.1. The lowest BCUT2D eigenvalue weighted by Gasteiger charge is -2.09. The molecule has 0 spiro atoms. The summed E-state index contributed by atoms with van der Waals surface area (Å²) in [5.74, 6) is -3.54. The molecule has 0 fully saturated rings. The molecule has 2 rings (SSSR count). The summed E-state index contributed by atoms with van der Waals surface area (Å²) in [4.78, 5) is 31.8. The predicted octanol–water partition coefficient (Wildman–Crippen LogP) is 2.07. The van der Waals surface area contributed by atoms with Gasteiger partial charge in [-0.15, -0.1) is 0 Å². The van der Waals surface area contributed by atoms with E-state index in [1.54, 1.807) is 0 Å². The van der Waals surface area contributed by atoms with Crippen molar-refractivity contribution in [3.05, 3.63) is 63.2 Å². The summed E-state index contributed by atoms with van der Waals surface area (Å²) < 4.78 is 29.3. The third-order valence-electron chi connectivity index (χ3n) is 3.32. The van der Waals surface area contributed by atoms with Gasteiger partial charge in [0, 0.05) is 11.6 Å². The second-order valence-corrected chi connectivity index (χ2v) is 6.61. The van der Waals surface area contributed by atoms with Crippen LogP contribution in [0.4, 0.5) is 5.69 Å². The average molecular weight is 381 g/mol. The highest BCUT2D eigenvalue weighted by Crippen LogP contribution is 2.26. The molecule has 0 bridgehead atoms. The van der Waals surface area contributed by atoms with Crippen LogP contribution in [-0.2, 0) is 10.1 Å². The van der Waals surface area contributed by atoms with Crippen LogP contribution in [0.25, 0.3) is 0 Å². The van der Waals surface area contributed by atoms with E-state index < -0.39 is 54.4 Å². The van der Waals surface area contributed by atoms with Gasteiger partial charge in [0.15, 0.2) is 0 Å². The molecule has 0 saturated heterocycles. The number of carbonyl (C=O) groups is 2. The number of aryl methyl sites for hydroxylation is 1. The Bertz CT molecular complexity index is 1030. The van der Waals surface area contributed by atoms with Gasteiger partial charge >= 0.3 is 22.1 Å². The summed E-state index contributed by atoms with van der Waals surface area (Å²) in [5, 5.41) is 28.9. The van der Waals surface area contributed by atoms with Crippen molar-refractivity contribution in [1.29, 1.82) is 0 Å². The Hall–Kier alpha value is -3.47. The van der Waals surface area contributed by atoms with Crippen LogP contribution in [0.3, 0.4) is 0 Å². The number of carboxylic acid groups (broad SMARTS) is 2. The van der Waals surface area contributed by atoms with Crippen molar-refractivity contribution in [2.75, 3.05) is 0 Å². The number of hydrogen-bond acceptors (Lipinski definition) is 7. The Morgan fingerprint density at radius 2 is 1.65 bits per heavy atom. The highest BCUT2D eigenvalue weighted by Gasteiger charge is 2.23. The van der Waals surface area contributed by atoms with E-state index in [2.05, 4.69) is 0 Å². The molecule has 11 heteroatoms. The van der Waals surface area contributed by atoms with E-state index in [-0.39, 0.29) is 5.56 Å². The number of carboxylic acids is 2. The summed E-state index contributed by atoms with van der Waals surface area (Å²) in [7, 11) is -4.51. The average Bonchev–Trinajstić information content (AvgIpc) is 2.53. The van der Waals surface area contributed by atoms with Crippen LogP contribution in [0.5, 0.6) is 5.75 Å². The zero-order valence-corrected chi connectivity index (χ0v) is 13.9. The lowest BCUT2D eigenvalue weighted by molar-refractivity contribution is -0.385. The lowest BCUT2D eigenvalue weighted by Crippen LogP contribution is -2.12. The molecule has 10 nitrogen and oxygen atoms in total. The maximum atomic E-state index is 12.3. The molecular formula is C15H11NO9S. The maximum Gasteiger partial charge on any atom is 0.339 e. The molecule has 0 radical (unpaired) electrons. The molecule has 0 amide bonds. The SMILES string of the molecule is Cc1ccc(S(=O)(=O)Oc2ccc(C(=O)O)c(C(=O)O)c2)cc1[N+](=O)[O-]. The van der Waals surface area contributed by atoms with E-state index in [0.717, 1.165) is 30.3 Å². The lowest BCUT2D eigenvalue weighted by atomic mass is 10.1. The number of hydrogen-bond donors (Lipinski definition) is 2. The minimum atomic E-state index is -4.51. The van der Waals surface area contributed by atoms with E-state index in [1.807, 2.05) is 0 Å². The van der Waals surface area contributed by atoms with Gasteiger partial charge in [0.1, 0.15) is 10.6 Å². The molecule has 0 unspecified atom stereocenters. The molecule has 0 atom stereocenters. The molecule has 0 aliphatic carbocycles. The van der Waals surface area contributed by atoms with Crippen LogP contribution < -0.4 is 4.18 Å². The van der Waals surface area contributed by atoms with E-state index in [4.69, 9.17) is 14.4 Å². The van der Waals surface area contributed by atoms with Crippen LogP contribution >= 0.6 is 0 Å². The third-order valence-corrected chi connectivity index (χ3v) is 4.57. The van der Waals surface area contributed by atoms with E-state index in [1.165, 1.54) is 13.0 Å². The number of nitro groups is 1. The molecule has 2 N–H and O–H groups in total. The number of aromatic carboxylic acids is 2. The Labute approximate surface area is 146 Å². The fourth-order valence-corrected chi connectivity index (χ4v) is 3.00. The second-order valence-electron chi connectivity index (χ2n) is 5.06. The van der Waals surface area contributed by atoms with E-state index >= 15 is 0 Å². The van der Waals surface area contributed by atoms with Crippen LogP contribution in [0.2, 0.25) is 0 Å². The number of rotatable bonds is 6. The Balaban J connectivity index is 2.46. The number of nitrogens with zero attached hydrogens (tertiary/aromatic N) is 1. The highest BCUT2D eigenvalue weighted by molar-refractivity contribution is 7.87. The summed E-state index contributed by atoms with van der Waals surface area (Å²) in [6.07, 6.45) is 0. The van der Waals surface area contributed by atoms with Gasteiger partial charge in [-0.2, -0.15) is 8.42 Å². The molecule has 0 aromatic heterocycles. The van der Waals surface area contributed by atoms with Crippen molar-refractivity contribution < 1.29 is 37.3 Å². The quantitative estimate of drug-likeness (QED) is 0.433. The molecule has 26 heavy (non-hydrogen) atoms. The van der Waals surface area contributed by atoms with E-state index in [0.29, 0.717) is 0 Å². The van der Waals surface area contributed by atoms with E-state index in [9.17, 15) is 28.1 Å². The summed E-state index contributed by atoms with van der Waals surface area (Å²) in [6, 6.07) is 5.73. The van der Waals surface area contributed by atoms with Crippen molar-refractivity contribution in [1.82, 2.24) is 0 Å². The molecule has 2 aromatic rings. The molecule has 0 heterocycles. The van der Waals surface area contributed by atoms with Gasteiger partial charge in [0.05, 0.1) is 16.1 Å². The molecule has 0 saturated carbocycles. The van der Waals surface area contributed by atoms with Crippen molar-refractivity contribution >= 4 is 27.7 Å². The first-order chi connectivity index (χ1) is 12.0. The summed E-state index contributed by atoms with van der Waals surface area (Å²) in [6.45, 7) is 1.43. The first-order valence-electron chi connectivity index (χ1n) is 6.83. The Morgan fingerprint density at radius 3 is 2.19 bits per heavy atom. The number of nitro benzene ring substituents is 1. The van der Waals surface area contributed by atoms with Crippen molar-refractivity contribution in [2.45, 2.75) is 11.8 Å². The van der Waals surface area contributed by atoms with Gasteiger partial charge in [-0.25, -0.2) is 9.59 Å². The van der Waals surface area contributed by atoms with Gasteiger partial charge in [-0.3, -0.25) is 10.1 Å². The monoisotopic (exact) mass is 381 g/mol. The Kier molecular flexibility index (Phi) is 4.93. The van der Waals surface area contributed by atoms with Gasteiger partial charge in [-0.1, -0.05) is 6.07 Å². The molecule has 0 aliphatic heterocycles. The molecule has 136 valence electrons. The standard InChI is InChI=1S/C15H11NO9S/c1-8-2-4-10(7-13(8)16(21)22)26(23,24)25-9-3-5-11(14(17)18)12(6-9)15(19)20/h2-7H,1H3,(H,17,18)(H,19,20). The van der Waals surface area contributed by atoms with Crippen LogP contribution in [0, 0.1) is 17.0 Å². The fraction of sp³-hybridized carbons (Fsp3) is 0.0667. The normalized spacial score (nSPS) is 11.0. The topological polar surface area (TPSA) is 161 Å². The molecular weight excluding hydrogens is 370 g/mol. The predicted molar refractivity (Wildman–Crippen MR) is 86.0 cm³/mol. The number of benzene rings is 2. The van der Waals surface area contributed by atoms with Gasteiger partial charge in [0.25, 0.3) is 5.69 Å².